The van der Waals surface area contributed by atoms with Gasteiger partial charge in [-0.25, -0.2) is 0 Å². The minimum atomic E-state index is -0.950. The molecule has 0 aliphatic carbocycles. The number of hydrogen-bond donors (Lipinski definition) is 4. The summed E-state index contributed by atoms with van der Waals surface area (Å²) < 4.78 is 0. The van der Waals surface area contributed by atoms with Crippen molar-refractivity contribution in [1.29, 1.82) is 0 Å². The van der Waals surface area contributed by atoms with E-state index in [1.165, 1.54) is 244 Å². The second kappa shape index (κ2) is 51.5. The molecule has 0 radical (unpaired) electrons. The molecule has 4 N–H and O–H groups in total. The maximum Gasteiger partial charge on any atom is 0.222 e. The first-order valence-electron chi connectivity index (χ1n) is 27.6. The van der Waals surface area contributed by atoms with Crippen LogP contribution in [0.3, 0.4) is 0 Å². The summed E-state index contributed by atoms with van der Waals surface area (Å²) in [5.41, 5.74) is 0. The summed E-state index contributed by atoms with van der Waals surface area (Å²) >= 11 is 0. The Kier molecular flexibility index (Phi) is 50.5. The molecular weight excluding hydrogens is 751 g/mol. The molecule has 5 heteroatoms. The van der Waals surface area contributed by atoms with Crippen LogP contribution in [0.4, 0.5) is 0 Å². The third-order valence-electron chi connectivity index (χ3n) is 13.0. The van der Waals surface area contributed by atoms with Crippen molar-refractivity contribution in [3.8, 4) is 0 Å². The minimum Gasteiger partial charge on any atom is -0.394 e. The molecule has 0 saturated carbocycles. The Hall–Kier alpha value is -1.17. The summed E-state index contributed by atoms with van der Waals surface area (Å²) in [7, 11) is 0. The monoisotopic (exact) mass is 860 g/mol. The number of rotatable bonds is 51. The van der Waals surface area contributed by atoms with Crippen LogP contribution in [-0.2, 0) is 4.79 Å². The summed E-state index contributed by atoms with van der Waals surface area (Å²) in [4.78, 5) is 12.5. The van der Waals surface area contributed by atoms with E-state index in [1.54, 1.807) is 6.08 Å². The maximum absolute atomic E-state index is 12.5. The van der Waals surface area contributed by atoms with Crippen LogP contribution < -0.4 is 5.32 Å². The first kappa shape index (κ1) is 59.8. The molecule has 0 spiro atoms. The molecule has 61 heavy (non-hydrogen) atoms. The highest BCUT2D eigenvalue weighted by molar-refractivity contribution is 5.76. The van der Waals surface area contributed by atoms with E-state index in [0.717, 1.165) is 32.1 Å². The predicted molar refractivity (Wildman–Crippen MR) is 268 cm³/mol. The molecule has 0 heterocycles. The number of aliphatic hydroxyl groups is 3. The third kappa shape index (κ3) is 48.1. The largest absolute Gasteiger partial charge is 0.394 e. The molecule has 0 rings (SSSR count). The summed E-state index contributed by atoms with van der Waals surface area (Å²) in [6.07, 6.45) is 65.1. The molecule has 1 amide bonds. The lowest BCUT2D eigenvalue weighted by molar-refractivity contribution is -0.124. The van der Waals surface area contributed by atoms with Gasteiger partial charge in [0.1, 0.15) is 0 Å². The number of hydrogen-bond acceptors (Lipinski definition) is 4. The quantitative estimate of drug-likeness (QED) is 0.0362. The number of amides is 1. The zero-order valence-electron chi connectivity index (χ0n) is 41.3. The highest BCUT2D eigenvalue weighted by atomic mass is 16.3. The summed E-state index contributed by atoms with van der Waals surface area (Å²) in [6.45, 7) is 4.24. The van der Waals surface area contributed by atoms with E-state index < -0.39 is 18.2 Å². The second-order valence-corrected chi connectivity index (χ2v) is 19.2. The predicted octanol–water partition coefficient (Wildman–Crippen LogP) is 16.9. The van der Waals surface area contributed by atoms with Crippen molar-refractivity contribution in [2.24, 2.45) is 0 Å². The normalized spacial score (nSPS) is 13.5. The lowest BCUT2D eigenvalue weighted by Gasteiger charge is -2.21. The lowest BCUT2D eigenvalue weighted by atomic mass is 10.0. The number of carbonyl (C=O) groups excluding carboxylic acids is 1. The molecule has 0 aromatic carbocycles. The average Bonchev–Trinajstić information content (AvgIpc) is 3.25. The van der Waals surface area contributed by atoms with Crippen LogP contribution in [0.2, 0.25) is 0 Å². The van der Waals surface area contributed by atoms with Crippen molar-refractivity contribution in [3.63, 3.8) is 0 Å². The Morgan fingerprint density at radius 1 is 0.410 bits per heavy atom. The van der Waals surface area contributed by atoms with Gasteiger partial charge in [-0.05, 0) is 32.1 Å². The van der Waals surface area contributed by atoms with Crippen molar-refractivity contribution >= 4 is 5.91 Å². The molecule has 0 aliphatic rings. The number of allylic oxidation sites excluding steroid dienone is 3. The van der Waals surface area contributed by atoms with E-state index in [1.807, 2.05) is 6.08 Å². The van der Waals surface area contributed by atoms with Gasteiger partial charge in [0.15, 0.2) is 0 Å². The average molecular weight is 860 g/mol. The molecule has 3 atom stereocenters. The fourth-order valence-electron chi connectivity index (χ4n) is 8.77. The standard InChI is InChI=1S/C56H109NO4/c1-3-5-7-9-11-13-15-17-19-21-23-25-26-27-28-30-31-33-35-37-39-41-43-45-47-49-53(59)51-56(61)57-54(52-58)55(60)50-48-46-44-42-40-38-36-34-32-29-24-22-20-18-16-14-12-10-8-6-4-2/h40,42,48,50,53-55,58-60H,3-39,41,43-47,49,51-52H2,1-2H3,(H,57,61)/b42-40+,50-48+. The molecule has 362 valence electrons. The van der Waals surface area contributed by atoms with Crippen molar-refractivity contribution in [1.82, 2.24) is 5.32 Å². The Morgan fingerprint density at radius 2 is 0.705 bits per heavy atom. The molecule has 0 aromatic rings. The molecule has 0 aliphatic heterocycles. The van der Waals surface area contributed by atoms with E-state index >= 15 is 0 Å². The fourth-order valence-corrected chi connectivity index (χ4v) is 8.77. The molecule has 0 saturated heterocycles. The van der Waals surface area contributed by atoms with Gasteiger partial charge in [-0.3, -0.25) is 4.79 Å². The fraction of sp³-hybridized carbons (Fsp3) is 0.911. The SMILES string of the molecule is CCCCCCCCCCCCCCCCC/C=C/CC/C=C/C(O)C(CO)NC(=O)CC(O)CCCCCCCCCCCCCCCCCCCCCCCCCCC. The topological polar surface area (TPSA) is 89.8 Å². The van der Waals surface area contributed by atoms with Crippen LogP contribution in [0.25, 0.3) is 0 Å². The van der Waals surface area contributed by atoms with Crippen LogP contribution in [0.15, 0.2) is 24.3 Å². The Morgan fingerprint density at radius 3 is 1.05 bits per heavy atom. The highest BCUT2D eigenvalue weighted by Gasteiger charge is 2.20. The molecule has 5 nitrogen and oxygen atoms in total. The Balaban J connectivity index is 3.58. The van der Waals surface area contributed by atoms with Crippen LogP contribution in [0.5, 0.6) is 0 Å². The summed E-state index contributed by atoms with van der Waals surface area (Å²) in [6, 6.07) is -0.759. The third-order valence-corrected chi connectivity index (χ3v) is 13.0. The summed E-state index contributed by atoms with van der Waals surface area (Å²) in [5.74, 6) is -0.319. The van der Waals surface area contributed by atoms with Gasteiger partial charge in [0, 0.05) is 0 Å². The molecule has 0 fully saturated rings. The first-order valence-corrected chi connectivity index (χ1v) is 27.6. The Bertz CT molecular complexity index is 905. The van der Waals surface area contributed by atoms with Crippen molar-refractivity contribution in [2.75, 3.05) is 6.61 Å². The van der Waals surface area contributed by atoms with E-state index in [9.17, 15) is 20.1 Å². The van der Waals surface area contributed by atoms with Crippen LogP contribution in [-0.4, -0.2) is 46.1 Å². The second-order valence-electron chi connectivity index (χ2n) is 19.2. The molecular formula is C56H109NO4. The van der Waals surface area contributed by atoms with Gasteiger partial charge in [0.05, 0.1) is 31.3 Å². The van der Waals surface area contributed by atoms with E-state index in [0.29, 0.717) is 6.42 Å². The van der Waals surface area contributed by atoms with Gasteiger partial charge >= 0.3 is 0 Å². The minimum absolute atomic E-state index is 0.0104. The number of carbonyl (C=O) groups is 1. The van der Waals surface area contributed by atoms with Crippen LogP contribution >= 0.6 is 0 Å². The Labute approximate surface area is 382 Å². The van der Waals surface area contributed by atoms with Gasteiger partial charge in [-0.1, -0.05) is 289 Å². The summed E-state index contributed by atoms with van der Waals surface area (Å²) in [5, 5.41) is 33.4. The van der Waals surface area contributed by atoms with Gasteiger partial charge in [0.2, 0.25) is 5.91 Å². The van der Waals surface area contributed by atoms with Crippen molar-refractivity contribution < 1.29 is 20.1 Å². The van der Waals surface area contributed by atoms with Crippen LogP contribution in [0, 0.1) is 0 Å². The van der Waals surface area contributed by atoms with Gasteiger partial charge in [-0.2, -0.15) is 0 Å². The zero-order valence-corrected chi connectivity index (χ0v) is 41.3. The first-order chi connectivity index (χ1) is 30.0. The highest BCUT2D eigenvalue weighted by Crippen LogP contribution is 2.18. The molecule has 3 unspecified atom stereocenters. The lowest BCUT2D eigenvalue weighted by Crippen LogP contribution is -2.45. The van der Waals surface area contributed by atoms with E-state index in [-0.39, 0.29) is 18.9 Å². The number of unbranched alkanes of at least 4 members (excludes halogenated alkanes) is 40. The smallest absolute Gasteiger partial charge is 0.222 e. The van der Waals surface area contributed by atoms with Crippen molar-refractivity contribution in [3.05, 3.63) is 24.3 Å². The van der Waals surface area contributed by atoms with Gasteiger partial charge in [0.25, 0.3) is 0 Å². The molecule has 0 bridgehead atoms. The molecule has 0 aromatic heterocycles. The van der Waals surface area contributed by atoms with Gasteiger partial charge < -0.3 is 20.6 Å². The number of nitrogens with one attached hydrogen (secondary N) is 1. The maximum atomic E-state index is 12.5. The van der Waals surface area contributed by atoms with Crippen LogP contribution in [0.1, 0.15) is 303 Å². The van der Waals surface area contributed by atoms with Gasteiger partial charge in [-0.15, -0.1) is 0 Å². The zero-order chi connectivity index (χ0) is 44.4. The number of aliphatic hydroxyl groups excluding tert-OH is 3. The van der Waals surface area contributed by atoms with E-state index in [2.05, 4.69) is 31.3 Å². The van der Waals surface area contributed by atoms with E-state index in [4.69, 9.17) is 0 Å². The van der Waals surface area contributed by atoms with Crippen molar-refractivity contribution in [2.45, 2.75) is 321 Å².